The van der Waals surface area contributed by atoms with E-state index in [4.69, 9.17) is 11.6 Å². The van der Waals surface area contributed by atoms with Crippen molar-refractivity contribution in [2.75, 3.05) is 5.88 Å². The van der Waals surface area contributed by atoms with E-state index in [0.717, 1.165) is 5.56 Å². The Morgan fingerprint density at radius 2 is 2.05 bits per heavy atom. The maximum atomic E-state index is 13.4. The Labute approximate surface area is 119 Å². The predicted molar refractivity (Wildman–Crippen MR) is 72.2 cm³/mol. The number of alkyl halides is 4. The van der Waals surface area contributed by atoms with Gasteiger partial charge in [0.25, 0.3) is 0 Å². The summed E-state index contributed by atoms with van der Waals surface area (Å²) in [5.74, 6) is 0.686. The SMILES string of the molecule is Cc1ccc2nc(CCCl)n(C3(C(F)(F)F)CC3)c2c1. The molecule has 2 nitrogen and oxygen atoms in total. The monoisotopic (exact) mass is 302 g/mol. The summed E-state index contributed by atoms with van der Waals surface area (Å²) in [4.78, 5) is 4.34. The fraction of sp³-hybridized carbons (Fsp3) is 0.500. The van der Waals surface area contributed by atoms with Gasteiger partial charge in [0.1, 0.15) is 11.4 Å². The van der Waals surface area contributed by atoms with Gasteiger partial charge in [0, 0.05) is 12.3 Å². The van der Waals surface area contributed by atoms with Crippen LogP contribution in [0, 0.1) is 6.92 Å². The van der Waals surface area contributed by atoms with Crippen LogP contribution >= 0.6 is 11.6 Å². The number of hydrogen-bond acceptors (Lipinski definition) is 1. The van der Waals surface area contributed by atoms with Gasteiger partial charge in [-0.2, -0.15) is 13.2 Å². The Morgan fingerprint density at radius 3 is 2.60 bits per heavy atom. The van der Waals surface area contributed by atoms with Crippen LogP contribution in [0.15, 0.2) is 18.2 Å². The van der Waals surface area contributed by atoms with Crippen LogP contribution in [0.2, 0.25) is 0 Å². The lowest BCUT2D eigenvalue weighted by molar-refractivity contribution is -0.179. The zero-order valence-electron chi connectivity index (χ0n) is 11.0. The zero-order chi connectivity index (χ0) is 14.5. The van der Waals surface area contributed by atoms with E-state index in [9.17, 15) is 13.2 Å². The minimum Gasteiger partial charge on any atom is -0.312 e. The molecule has 0 atom stereocenters. The summed E-state index contributed by atoms with van der Waals surface area (Å²) in [6.45, 7) is 1.87. The molecule has 0 spiro atoms. The van der Waals surface area contributed by atoms with Crippen LogP contribution in [0.4, 0.5) is 13.2 Å². The number of fused-ring (bicyclic) bond motifs is 1. The highest BCUT2D eigenvalue weighted by Gasteiger charge is 2.65. The van der Waals surface area contributed by atoms with Crippen LogP contribution in [0.25, 0.3) is 11.0 Å². The lowest BCUT2D eigenvalue weighted by Gasteiger charge is -2.24. The fourth-order valence-corrected chi connectivity index (χ4v) is 2.89. The molecule has 1 aromatic heterocycles. The standard InChI is InChI=1S/C14H14ClF3N2/c1-9-2-3-10-11(8-9)20(12(19-10)4-7-15)13(5-6-13)14(16,17)18/h2-3,8H,4-7H2,1H3. The summed E-state index contributed by atoms with van der Waals surface area (Å²) in [5, 5.41) is 0. The van der Waals surface area contributed by atoms with Gasteiger partial charge in [-0.3, -0.25) is 0 Å². The van der Waals surface area contributed by atoms with Crippen molar-refractivity contribution in [1.82, 2.24) is 9.55 Å². The van der Waals surface area contributed by atoms with Crippen molar-refractivity contribution in [3.63, 3.8) is 0 Å². The normalized spacial score (nSPS) is 17.6. The molecular weight excluding hydrogens is 289 g/mol. The first-order valence-corrected chi connectivity index (χ1v) is 7.04. The van der Waals surface area contributed by atoms with Gasteiger partial charge in [0.2, 0.25) is 0 Å². The second kappa shape index (κ2) is 4.38. The molecule has 0 N–H and O–H groups in total. The molecule has 0 saturated heterocycles. The van der Waals surface area contributed by atoms with Crippen molar-refractivity contribution in [2.24, 2.45) is 0 Å². The number of imidazole rings is 1. The molecule has 0 unspecified atom stereocenters. The van der Waals surface area contributed by atoms with E-state index in [0.29, 0.717) is 23.3 Å². The topological polar surface area (TPSA) is 17.8 Å². The molecule has 1 saturated carbocycles. The van der Waals surface area contributed by atoms with E-state index in [-0.39, 0.29) is 18.7 Å². The molecule has 1 heterocycles. The Balaban J connectivity index is 2.27. The van der Waals surface area contributed by atoms with Crippen molar-refractivity contribution in [3.05, 3.63) is 29.6 Å². The molecule has 6 heteroatoms. The van der Waals surface area contributed by atoms with E-state index >= 15 is 0 Å². The van der Waals surface area contributed by atoms with Crippen molar-refractivity contribution in [1.29, 1.82) is 0 Å². The van der Waals surface area contributed by atoms with Crippen molar-refractivity contribution >= 4 is 22.6 Å². The van der Waals surface area contributed by atoms with Gasteiger partial charge in [0.15, 0.2) is 0 Å². The average Bonchev–Trinajstić information content (AvgIpc) is 3.08. The summed E-state index contributed by atoms with van der Waals surface area (Å²) in [5.41, 5.74) is 0.303. The molecule has 1 aliphatic rings. The van der Waals surface area contributed by atoms with Gasteiger partial charge in [-0.15, -0.1) is 11.6 Å². The van der Waals surface area contributed by atoms with E-state index < -0.39 is 11.7 Å². The first-order valence-electron chi connectivity index (χ1n) is 6.50. The van der Waals surface area contributed by atoms with Crippen LogP contribution in [-0.2, 0) is 12.0 Å². The number of aromatic nitrogens is 2. The molecule has 20 heavy (non-hydrogen) atoms. The Kier molecular flexibility index (Phi) is 3.01. The summed E-state index contributed by atoms with van der Waals surface area (Å²) in [7, 11) is 0. The molecular formula is C14H14ClF3N2. The van der Waals surface area contributed by atoms with E-state index in [1.54, 1.807) is 12.1 Å². The average molecular weight is 303 g/mol. The van der Waals surface area contributed by atoms with Gasteiger partial charge < -0.3 is 4.57 Å². The highest BCUT2D eigenvalue weighted by Crippen LogP contribution is 2.57. The van der Waals surface area contributed by atoms with E-state index in [1.165, 1.54) is 4.57 Å². The lowest BCUT2D eigenvalue weighted by Crippen LogP contribution is -2.36. The molecule has 0 bridgehead atoms. The van der Waals surface area contributed by atoms with Crippen molar-refractivity contribution < 1.29 is 13.2 Å². The summed E-state index contributed by atoms with van der Waals surface area (Å²) < 4.78 is 41.7. The van der Waals surface area contributed by atoms with Crippen molar-refractivity contribution in [2.45, 2.75) is 37.9 Å². The first kappa shape index (κ1) is 13.7. The number of hydrogen-bond donors (Lipinski definition) is 0. The van der Waals surface area contributed by atoms with Crippen LogP contribution in [0.1, 0.15) is 24.2 Å². The minimum absolute atomic E-state index is 0.116. The second-order valence-corrected chi connectivity index (χ2v) is 5.70. The largest absolute Gasteiger partial charge is 0.412 e. The lowest BCUT2D eigenvalue weighted by atomic mass is 10.2. The highest BCUT2D eigenvalue weighted by molar-refractivity contribution is 6.17. The number of benzene rings is 1. The number of nitrogens with zero attached hydrogens (tertiary/aromatic N) is 2. The molecule has 108 valence electrons. The van der Waals surface area contributed by atoms with Gasteiger partial charge in [0.05, 0.1) is 11.0 Å². The van der Waals surface area contributed by atoms with Gasteiger partial charge in [-0.1, -0.05) is 6.07 Å². The van der Waals surface area contributed by atoms with Gasteiger partial charge >= 0.3 is 6.18 Å². The molecule has 1 aliphatic carbocycles. The molecule has 0 radical (unpaired) electrons. The molecule has 1 aromatic carbocycles. The summed E-state index contributed by atoms with van der Waals surface area (Å²) in [6.07, 6.45) is -3.69. The number of halogens is 4. The maximum Gasteiger partial charge on any atom is 0.412 e. The first-order chi connectivity index (χ1) is 9.39. The zero-order valence-corrected chi connectivity index (χ0v) is 11.7. The van der Waals surface area contributed by atoms with Crippen LogP contribution in [-0.4, -0.2) is 21.6 Å². The third-order valence-electron chi connectivity index (χ3n) is 3.88. The van der Waals surface area contributed by atoms with E-state index in [2.05, 4.69) is 4.98 Å². The maximum absolute atomic E-state index is 13.4. The molecule has 0 amide bonds. The third kappa shape index (κ3) is 1.91. The molecule has 1 fully saturated rings. The van der Waals surface area contributed by atoms with Crippen LogP contribution in [0.5, 0.6) is 0 Å². The quantitative estimate of drug-likeness (QED) is 0.778. The van der Waals surface area contributed by atoms with E-state index in [1.807, 2.05) is 13.0 Å². The fourth-order valence-electron chi connectivity index (χ4n) is 2.72. The van der Waals surface area contributed by atoms with Gasteiger partial charge in [-0.05, 0) is 37.5 Å². The molecule has 3 rings (SSSR count). The smallest absolute Gasteiger partial charge is 0.312 e. The Hall–Kier alpha value is -1.23. The number of rotatable bonds is 3. The predicted octanol–water partition coefficient (Wildman–Crippen LogP) is 4.18. The van der Waals surface area contributed by atoms with Crippen LogP contribution < -0.4 is 0 Å². The Morgan fingerprint density at radius 1 is 1.35 bits per heavy atom. The number of aryl methyl sites for hydroxylation is 2. The minimum atomic E-state index is -4.26. The van der Waals surface area contributed by atoms with Crippen LogP contribution in [0.3, 0.4) is 0 Å². The highest BCUT2D eigenvalue weighted by atomic mass is 35.5. The Bertz CT molecular complexity index is 656. The molecule has 2 aromatic rings. The summed E-state index contributed by atoms with van der Waals surface area (Å²) >= 11 is 5.72. The molecule has 0 aliphatic heterocycles. The van der Waals surface area contributed by atoms with Gasteiger partial charge in [-0.25, -0.2) is 4.98 Å². The van der Waals surface area contributed by atoms with Crippen molar-refractivity contribution in [3.8, 4) is 0 Å². The second-order valence-electron chi connectivity index (χ2n) is 5.32. The third-order valence-corrected chi connectivity index (χ3v) is 4.07. The summed E-state index contributed by atoms with van der Waals surface area (Å²) in [6, 6.07) is 5.40.